The van der Waals surface area contributed by atoms with Gasteiger partial charge in [0.25, 0.3) is 11.7 Å². The van der Waals surface area contributed by atoms with Crippen LogP contribution in [-0.2, 0) is 19.6 Å². The van der Waals surface area contributed by atoms with E-state index in [0.29, 0.717) is 11.1 Å². The van der Waals surface area contributed by atoms with E-state index in [0.717, 1.165) is 10.0 Å². The first kappa shape index (κ1) is 22.9. The summed E-state index contributed by atoms with van der Waals surface area (Å²) in [5, 5.41) is 16.3. The number of aliphatic hydroxyl groups is 1. The zero-order valence-electron chi connectivity index (χ0n) is 17.4. The van der Waals surface area contributed by atoms with Gasteiger partial charge in [-0.25, -0.2) is 13.6 Å². The van der Waals surface area contributed by atoms with Crippen molar-refractivity contribution in [3.63, 3.8) is 0 Å². The molecule has 7 nitrogen and oxygen atoms in total. The Balaban J connectivity index is 1.92. The Hall–Kier alpha value is -3.27. The molecule has 0 saturated carbocycles. The van der Waals surface area contributed by atoms with Crippen molar-refractivity contribution in [3.05, 3.63) is 99.5 Å². The quantitative estimate of drug-likeness (QED) is 0.302. The molecule has 1 atom stereocenters. The monoisotopic (exact) mass is 526 g/mol. The van der Waals surface area contributed by atoms with Gasteiger partial charge in [0, 0.05) is 15.7 Å². The van der Waals surface area contributed by atoms with E-state index in [2.05, 4.69) is 15.9 Å². The van der Waals surface area contributed by atoms with Crippen LogP contribution in [0.15, 0.2) is 87.7 Å². The number of rotatable bonds is 4. The summed E-state index contributed by atoms with van der Waals surface area (Å²) in [6.45, 7) is 1.90. The first-order valence-electron chi connectivity index (χ1n) is 9.84. The van der Waals surface area contributed by atoms with Gasteiger partial charge in [0.2, 0.25) is 10.0 Å². The summed E-state index contributed by atoms with van der Waals surface area (Å²) < 4.78 is 24.0. The average molecular weight is 527 g/mol. The average Bonchev–Trinajstić information content (AvgIpc) is 3.04. The van der Waals surface area contributed by atoms with E-state index < -0.39 is 27.8 Å². The lowest BCUT2D eigenvalue weighted by Gasteiger charge is -2.25. The largest absolute Gasteiger partial charge is 0.507 e. The Morgan fingerprint density at radius 2 is 1.64 bits per heavy atom. The van der Waals surface area contributed by atoms with Crippen molar-refractivity contribution in [2.24, 2.45) is 5.14 Å². The number of aliphatic hydroxyl groups excluding tert-OH is 1. The molecule has 168 valence electrons. The fraction of sp³-hybridized carbons (Fsp3) is 0.0833. The number of nitrogens with zero attached hydrogens (tertiary/aromatic N) is 1. The molecule has 33 heavy (non-hydrogen) atoms. The van der Waals surface area contributed by atoms with Crippen molar-refractivity contribution in [1.82, 2.24) is 0 Å². The summed E-state index contributed by atoms with van der Waals surface area (Å²) in [4.78, 5) is 27.4. The molecule has 4 rings (SSSR count). The Bertz CT molecular complexity index is 1400. The molecule has 1 fully saturated rings. The summed E-state index contributed by atoms with van der Waals surface area (Å²) in [5.74, 6) is -1.97. The molecular formula is C24H19BrN2O5S. The molecule has 1 heterocycles. The minimum Gasteiger partial charge on any atom is -0.507 e. The molecule has 1 aliphatic rings. The Morgan fingerprint density at radius 1 is 1.00 bits per heavy atom. The van der Waals surface area contributed by atoms with Gasteiger partial charge < -0.3 is 5.11 Å². The van der Waals surface area contributed by atoms with Crippen LogP contribution in [0.2, 0.25) is 0 Å². The van der Waals surface area contributed by atoms with Crippen LogP contribution in [0, 0.1) is 6.92 Å². The third-order valence-electron chi connectivity index (χ3n) is 5.38. The molecule has 3 N–H and O–H groups in total. The molecule has 0 spiro atoms. The number of aryl methyl sites for hydroxylation is 1. The molecule has 0 aromatic heterocycles. The van der Waals surface area contributed by atoms with Crippen molar-refractivity contribution in [2.75, 3.05) is 4.90 Å². The van der Waals surface area contributed by atoms with Gasteiger partial charge in [0.15, 0.2) is 0 Å². The highest BCUT2D eigenvalue weighted by molar-refractivity contribution is 9.10. The van der Waals surface area contributed by atoms with Crippen LogP contribution in [0.4, 0.5) is 5.69 Å². The fourth-order valence-corrected chi connectivity index (χ4v) is 4.69. The minimum atomic E-state index is -3.93. The van der Waals surface area contributed by atoms with E-state index in [-0.39, 0.29) is 21.9 Å². The number of amides is 1. The number of halogens is 1. The molecule has 1 amide bonds. The second-order valence-corrected chi connectivity index (χ2v) is 10.1. The number of carbonyl (C=O) groups is 2. The smallest absolute Gasteiger partial charge is 0.300 e. The van der Waals surface area contributed by atoms with E-state index >= 15 is 0 Å². The molecule has 1 saturated heterocycles. The maximum atomic E-state index is 13.1. The number of anilines is 1. The van der Waals surface area contributed by atoms with Gasteiger partial charge in [0.05, 0.1) is 16.5 Å². The van der Waals surface area contributed by atoms with Crippen molar-refractivity contribution < 1.29 is 23.1 Å². The molecule has 0 bridgehead atoms. The first-order valence-corrected chi connectivity index (χ1v) is 12.2. The molecule has 0 unspecified atom stereocenters. The maximum absolute atomic E-state index is 13.1. The first-order chi connectivity index (χ1) is 15.6. The van der Waals surface area contributed by atoms with Gasteiger partial charge in [-0.15, -0.1) is 0 Å². The van der Waals surface area contributed by atoms with Gasteiger partial charge in [-0.3, -0.25) is 14.5 Å². The predicted octanol–water partition coefficient (Wildman–Crippen LogP) is 4.03. The van der Waals surface area contributed by atoms with Crippen LogP contribution in [0.1, 0.15) is 22.7 Å². The van der Waals surface area contributed by atoms with Crippen LogP contribution >= 0.6 is 15.9 Å². The van der Waals surface area contributed by atoms with Crippen molar-refractivity contribution in [2.45, 2.75) is 17.9 Å². The van der Waals surface area contributed by atoms with Crippen LogP contribution in [0.3, 0.4) is 0 Å². The molecule has 9 heteroatoms. The summed E-state index contributed by atoms with van der Waals surface area (Å²) in [6, 6.07) is 18.4. The predicted molar refractivity (Wildman–Crippen MR) is 128 cm³/mol. The summed E-state index contributed by atoms with van der Waals surface area (Å²) in [7, 11) is -3.93. The van der Waals surface area contributed by atoms with Gasteiger partial charge in [-0.2, -0.15) is 0 Å². The molecular weight excluding hydrogens is 508 g/mol. The summed E-state index contributed by atoms with van der Waals surface area (Å²) >= 11 is 3.41. The van der Waals surface area contributed by atoms with Crippen LogP contribution in [0.25, 0.3) is 5.76 Å². The van der Waals surface area contributed by atoms with Crippen LogP contribution in [0.5, 0.6) is 0 Å². The van der Waals surface area contributed by atoms with E-state index in [4.69, 9.17) is 5.14 Å². The third kappa shape index (κ3) is 4.35. The zero-order valence-corrected chi connectivity index (χ0v) is 19.8. The summed E-state index contributed by atoms with van der Waals surface area (Å²) in [6.07, 6.45) is 0. The van der Waals surface area contributed by atoms with Gasteiger partial charge in [-0.05, 0) is 48.9 Å². The maximum Gasteiger partial charge on any atom is 0.300 e. The Morgan fingerprint density at radius 3 is 2.21 bits per heavy atom. The zero-order chi connectivity index (χ0) is 23.9. The molecule has 0 aliphatic carbocycles. The number of benzene rings is 3. The number of nitrogens with two attached hydrogens (primary N) is 1. The Labute approximate surface area is 199 Å². The number of sulfonamides is 1. The van der Waals surface area contributed by atoms with Gasteiger partial charge >= 0.3 is 0 Å². The highest BCUT2D eigenvalue weighted by atomic mass is 79.9. The van der Waals surface area contributed by atoms with Crippen molar-refractivity contribution >= 4 is 49.1 Å². The SMILES string of the molecule is Cc1ccc(C(O)=C2C(=O)C(=O)N(c3ccc(S(N)(=O)=O)cc3)[C@@H]2c2cccc(Br)c2)cc1. The highest BCUT2D eigenvalue weighted by Crippen LogP contribution is 2.42. The number of ketones is 1. The fourth-order valence-electron chi connectivity index (χ4n) is 3.75. The lowest BCUT2D eigenvalue weighted by atomic mass is 9.95. The lowest BCUT2D eigenvalue weighted by molar-refractivity contribution is -0.132. The number of carbonyl (C=O) groups excluding carboxylic acids is 2. The lowest BCUT2D eigenvalue weighted by Crippen LogP contribution is -2.29. The number of Topliss-reactive ketones (excluding diaryl/α,β-unsaturated/α-hetero) is 1. The summed E-state index contributed by atoms with van der Waals surface area (Å²) in [5.41, 5.74) is 2.20. The minimum absolute atomic E-state index is 0.0579. The molecule has 0 radical (unpaired) electrons. The van der Waals surface area contributed by atoms with Crippen LogP contribution < -0.4 is 10.0 Å². The number of hydrogen-bond acceptors (Lipinski definition) is 5. The topological polar surface area (TPSA) is 118 Å². The second-order valence-electron chi connectivity index (χ2n) is 7.63. The normalized spacial score (nSPS) is 18.0. The third-order valence-corrected chi connectivity index (χ3v) is 6.80. The standard InChI is InChI=1S/C24H19BrN2O5S/c1-14-5-7-15(8-6-14)22(28)20-21(16-3-2-4-17(25)13-16)27(24(30)23(20)29)18-9-11-19(12-10-18)33(26,31)32/h2-13,21,28H,1H3,(H2,26,31,32)/t21-/m1/s1. The van der Waals surface area contributed by atoms with Gasteiger partial charge in [0.1, 0.15) is 5.76 Å². The Kier molecular flexibility index (Phi) is 5.96. The van der Waals surface area contributed by atoms with Gasteiger partial charge in [-0.1, -0.05) is 57.9 Å². The van der Waals surface area contributed by atoms with Crippen molar-refractivity contribution in [3.8, 4) is 0 Å². The number of primary sulfonamides is 1. The van der Waals surface area contributed by atoms with E-state index in [1.807, 2.05) is 6.92 Å². The van der Waals surface area contributed by atoms with E-state index in [1.54, 1.807) is 48.5 Å². The number of hydrogen-bond donors (Lipinski definition) is 2. The van der Waals surface area contributed by atoms with Crippen molar-refractivity contribution in [1.29, 1.82) is 0 Å². The molecule has 1 aliphatic heterocycles. The van der Waals surface area contributed by atoms with E-state index in [9.17, 15) is 23.1 Å². The van der Waals surface area contributed by atoms with Crippen LogP contribution in [-0.4, -0.2) is 25.2 Å². The van der Waals surface area contributed by atoms with E-state index in [1.165, 1.54) is 29.2 Å². The molecule has 3 aromatic rings. The highest BCUT2D eigenvalue weighted by Gasteiger charge is 2.47. The molecule has 3 aromatic carbocycles. The second kappa shape index (κ2) is 8.58.